The second-order valence-corrected chi connectivity index (χ2v) is 7.17. The zero-order valence-corrected chi connectivity index (χ0v) is 14.3. The third kappa shape index (κ3) is 3.94. The molecule has 2 N–H and O–H groups in total. The number of rotatable bonds is 5. The zero-order valence-electron chi connectivity index (χ0n) is 11.1. The van der Waals surface area contributed by atoms with Gasteiger partial charge in [-0.1, -0.05) is 17.7 Å². The molecule has 0 atom stereocenters. The Bertz CT molecular complexity index is 753. The van der Waals surface area contributed by atoms with E-state index >= 15 is 0 Å². The molecule has 0 saturated carbocycles. The lowest BCUT2D eigenvalue weighted by molar-refractivity contribution is 0.601. The summed E-state index contributed by atoms with van der Waals surface area (Å²) < 4.78 is 27.6. The minimum atomic E-state index is -3.74. The van der Waals surface area contributed by atoms with Crippen LogP contribution in [0.2, 0.25) is 5.02 Å². The minimum Gasteiger partial charge on any atom is -0.316 e. The molecule has 0 amide bonds. The first-order valence-electron chi connectivity index (χ1n) is 6.00. The van der Waals surface area contributed by atoms with Crippen molar-refractivity contribution >= 4 is 43.4 Å². The van der Waals surface area contributed by atoms with Crippen molar-refractivity contribution in [2.75, 3.05) is 11.8 Å². The van der Waals surface area contributed by atoms with E-state index in [2.05, 4.69) is 31.0 Å². The van der Waals surface area contributed by atoms with Crippen LogP contribution in [0.1, 0.15) is 5.56 Å². The maximum atomic E-state index is 12.3. The molecule has 0 fully saturated rings. The maximum Gasteiger partial charge on any atom is 0.263 e. The van der Waals surface area contributed by atoms with Gasteiger partial charge in [0.2, 0.25) is 0 Å². The lowest BCUT2D eigenvalue weighted by Crippen LogP contribution is -2.15. The first kappa shape index (κ1) is 16.2. The predicted molar refractivity (Wildman–Crippen MR) is 87.0 cm³/mol. The van der Waals surface area contributed by atoms with Crippen LogP contribution < -0.4 is 10.0 Å². The van der Waals surface area contributed by atoms with Gasteiger partial charge in [0.1, 0.15) is 0 Å². The molecule has 1 aromatic carbocycles. The van der Waals surface area contributed by atoms with Crippen LogP contribution in [0.4, 0.5) is 5.82 Å². The number of aromatic nitrogens is 1. The molecule has 0 radical (unpaired) electrons. The molecule has 0 unspecified atom stereocenters. The Morgan fingerprint density at radius 3 is 2.71 bits per heavy atom. The van der Waals surface area contributed by atoms with Gasteiger partial charge in [0, 0.05) is 17.8 Å². The van der Waals surface area contributed by atoms with E-state index in [-0.39, 0.29) is 10.7 Å². The summed E-state index contributed by atoms with van der Waals surface area (Å²) in [5.74, 6) is 0.230. The highest BCUT2D eigenvalue weighted by Crippen LogP contribution is 2.25. The fourth-order valence-corrected chi connectivity index (χ4v) is 3.53. The fourth-order valence-electron chi connectivity index (χ4n) is 1.68. The van der Waals surface area contributed by atoms with Crippen LogP contribution in [0.3, 0.4) is 0 Å². The third-order valence-corrected chi connectivity index (χ3v) is 5.02. The number of hydrogen-bond acceptors (Lipinski definition) is 4. The number of pyridine rings is 1. The number of nitrogens with one attached hydrogen (secondary N) is 2. The summed E-state index contributed by atoms with van der Waals surface area (Å²) in [6.45, 7) is 0.568. The van der Waals surface area contributed by atoms with Gasteiger partial charge in [-0.25, -0.2) is 13.4 Å². The van der Waals surface area contributed by atoms with E-state index in [1.54, 1.807) is 25.2 Å². The molecule has 2 rings (SSSR count). The molecular weight excluding hydrogens is 378 g/mol. The highest BCUT2D eigenvalue weighted by Gasteiger charge is 2.17. The van der Waals surface area contributed by atoms with Crippen molar-refractivity contribution < 1.29 is 8.42 Å². The lowest BCUT2D eigenvalue weighted by Gasteiger charge is -2.10. The summed E-state index contributed by atoms with van der Waals surface area (Å²) in [4.78, 5) is 4.07. The first-order chi connectivity index (χ1) is 9.94. The molecule has 5 nitrogen and oxygen atoms in total. The standard InChI is InChI=1S/C13H13BrClN3O2S/c1-16-8-9-4-5-10(7-12(9)15)21(19,20)18-13-11(14)3-2-6-17-13/h2-7,16H,8H2,1H3,(H,17,18). The van der Waals surface area contributed by atoms with Crippen LogP contribution in [0.25, 0.3) is 0 Å². The molecule has 0 aliphatic heterocycles. The fraction of sp³-hybridized carbons (Fsp3) is 0.154. The van der Waals surface area contributed by atoms with Crippen LogP contribution in [0.5, 0.6) is 0 Å². The number of benzene rings is 1. The molecule has 8 heteroatoms. The normalized spacial score (nSPS) is 11.4. The summed E-state index contributed by atoms with van der Waals surface area (Å²) in [6.07, 6.45) is 1.51. The quantitative estimate of drug-likeness (QED) is 0.823. The maximum absolute atomic E-state index is 12.3. The predicted octanol–water partition coefficient (Wildman–Crippen LogP) is 3.02. The van der Waals surface area contributed by atoms with Crippen LogP contribution in [-0.2, 0) is 16.6 Å². The minimum absolute atomic E-state index is 0.0879. The van der Waals surface area contributed by atoms with Crippen molar-refractivity contribution in [2.45, 2.75) is 11.4 Å². The average molecular weight is 391 g/mol. The Morgan fingerprint density at radius 2 is 2.10 bits per heavy atom. The Kier molecular flexibility index (Phi) is 5.21. The monoisotopic (exact) mass is 389 g/mol. The van der Waals surface area contributed by atoms with E-state index in [0.717, 1.165) is 5.56 Å². The van der Waals surface area contributed by atoms with Crippen LogP contribution >= 0.6 is 27.5 Å². The van der Waals surface area contributed by atoms with E-state index in [1.165, 1.54) is 18.3 Å². The summed E-state index contributed by atoms with van der Waals surface area (Å²) in [5.41, 5.74) is 0.831. The average Bonchev–Trinajstić information content (AvgIpc) is 2.43. The molecule has 2 aromatic rings. The Balaban J connectivity index is 2.32. The number of sulfonamides is 1. The van der Waals surface area contributed by atoms with Gasteiger partial charge in [0.05, 0.1) is 9.37 Å². The van der Waals surface area contributed by atoms with Gasteiger partial charge >= 0.3 is 0 Å². The van der Waals surface area contributed by atoms with Gasteiger partial charge in [-0.3, -0.25) is 4.72 Å². The molecule has 112 valence electrons. The van der Waals surface area contributed by atoms with E-state index in [1.807, 2.05) is 0 Å². The highest BCUT2D eigenvalue weighted by atomic mass is 79.9. The Hall–Kier alpha value is -1.15. The molecule has 0 spiro atoms. The summed E-state index contributed by atoms with van der Waals surface area (Å²) in [5, 5.41) is 3.36. The molecule has 0 aliphatic carbocycles. The second kappa shape index (κ2) is 6.74. The number of halogens is 2. The lowest BCUT2D eigenvalue weighted by atomic mass is 10.2. The Labute approximate surface area is 136 Å². The molecule has 21 heavy (non-hydrogen) atoms. The number of anilines is 1. The summed E-state index contributed by atoms with van der Waals surface area (Å²) >= 11 is 9.34. The van der Waals surface area contributed by atoms with Crippen molar-refractivity contribution in [3.63, 3.8) is 0 Å². The van der Waals surface area contributed by atoms with Gasteiger partial charge in [0.25, 0.3) is 10.0 Å². The molecule has 1 heterocycles. The largest absolute Gasteiger partial charge is 0.316 e. The van der Waals surface area contributed by atoms with E-state index < -0.39 is 10.0 Å². The smallest absolute Gasteiger partial charge is 0.263 e. The topological polar surface area (TPSA) is 71.1 Å². The van der Waals surface area contributed by atoms with E-state index in [9.17, 15) is 8.42 Å². The highest BCUT2D eigenvalue weighted by molar-refractivity contribution is 9.10. The molecular formula is C13H13BrClN3O2S. The SMILES string of the molecule is CNCc1ccc(S(=O)(=O)Nc2ncccc2Br)cc1Cl. The van der Waals surface area contributed by atoms with Crippen molar-refractivity contribution in [1.82, 2.24) is 10.3 Å². The molecule has 0 saturated heterocycles. The van der Waals surface area contributed by atoms with Gasteiger partial charge in [0.15, 0.2) is 5.82 Å². The van der Waals surface area contributed by atoms with Gasteiger partial charge < -0.3 is 5.32 Å². The first-order valence-corrected chi connectivity index (χ1v) is 8.66. The molecule has 0 bridgehead atoms. The van der Waals surface area contributed by atoms with Gasteiger partial charge in [-0.05, 0) is 52.8 Å². The van der Waals surface area contributed by atoms with Gasteiger partial charge in [-0.15, -0.1) is 0 Å². The van der Waals surface area contributed by atoms with Crippen LogP contribution in [0, 0.1) is 0 Å². The van der Waals surface area contributed by atoms with E-state index in [4.69, 9.17) is 11.6 Å². The van der Waals surface area contributed by atoms with Crippen LogP contribution in [-0.4, -0.2) is 20.4 Å². The van der Waals surface area contributed by atoms with Crippen molar-refractivity contribution in [3.8, 4) is 0 Å². The van der Waals surface area contributed by atoms with Crippen molar-refractivity contribution in [1.29, 1.82) is 0 Å². The van der Waals surface area contributed by atoms with E-state index in [0.29, 0.717) is 16.0 Å². The van der Waals surface area contributed by atoms with Crippen molar-refractivity contribution in [2.24, 2.45) is 0 Å². The molecule has 0 aliphatic rings. The van der Waals surface area contributed by atoms with Gasteiger partial charge in [-0.2, -0.15) is 0 Å². The van der Waals surface area contributed by atoms with Crippen molar-refractivity contribution in [3.05, 3.63) is 51.6 Å². The Morgan fingerprint density at radius 1 is 1.33 bits per heavy atom. The third-order valence-electron chi connectivity index (χ3n) is 2.69. The second-order valence-electron chi connectivity index (χ2n) is 4.22. The zero-order chi connectivity index (χ0) is 15.5. The number of nitrogens with zero attached hydrogens (tertiary/aromatic N) is 1. The summed E-state index contributed by atoms with van der Waals surface area (Å²) in [6, 6.07) is 8.02. The van der Waals surface area contributed by atoms with Crippen LogP contribution in [0.15, 0.2) is 45.9 Å². The number of hydrogen-bond donors (Lipinski definition) is 2. The molecule has 1 aromatic heterocycles. The summed E-state index contributed by atoms with van der Waals surface area (Å²) in [7, 11) is -1.94.